The van der Waals surface area contributed by atoms with Gasteiger partial charge in [0.2, 0.25) is 5.91 Å². The molecule has 5 N–H and O–H groups in total. The van der Waals surface area contributed by atoms with Crippen LogP contribution in [0.15, 0.2) is 96.3 Å². The Bertz CT molecular complexity index is 1450. The van der Waals surface area contributed by atoms with Gasteiger partial charge in [0.05, 0.1) is 11.4 Å². The normalized spacial score (nSPS) is 12.5. The number of rotatable bonds is 11. The number of hydrogen-bond donors (Lipinski definition) is 4. The lowest BCUT2D eigenvalue weighted by atomic mass is 10.0. The Hall–Kier alpha value is -4.69. The minimum absolute atomic E-state index is 0.203. The number of hydrogen-bond acceptors (Lipinski definition) is 6. The maximum absolute atomic E-state index is 12.5. The number of phenolic OH excluding ortho intramolecular Hbond substituents is 1. The van der Waals surface area contributed by atoms with Crippen LogP contribution < -0.4 is 15.8 Å². The van der Waals surface area contributed by atoms with Crippen LogP contribution in [0, 0.1) is 0 Å². The van der Waals surface area contributed by atoms with Crippen LogP contribution in [0.25, 0.3) is 22.2 Å². The molecule has 4 rings (SSSR count). The van der Waals surface area contributed by atoms with Crippen LogP contribution in [-0.2, 0) is 11.2 Å². The van der Waals surface area contributed by atoms with Crippen LogP contribution >= 0.6 is 0 Å². The first-order valence-corrected chi connectivity index (χ1v) is 12.3. The summed E-state index contributed by atoms with van der Waals surface area (Å²) in [4.78, 5) is 24.0. The number of aromatic hydroxyl groups is 1. The van der Waals surface area contributed by atoms with E-state index >= 15 is 0 Å². The predicted octanol–water partition coefficient (Wildman–Crippen LogP) is 4.92. The third-order valence-electron chi connectivity index (χ3n) is 6.07. The van der Waals surface area contributed by atoms with Crippen molar-refractivity contribution in [2.24, 2.45) is 10.7 Å². The molecule has 0 aliphatic rings. The van der Waals surface area contributed by atoms with E-state index < -0.39 is 6.04 Å². The van der Waals surface area contributed by atoms with Crippen molar-refractivity contribution >= 4 is 23.2 Å². The largest absolute Gasteiger partial charge is 0.508 e. The predicted molar refractivity (Wildman–Crippen MR) is 152 cm³/mol. The summed E-state index contributed by atoms with van der Waals surface area (Å²) in [5.41, 5.74) is 10.6. The molecule has 1 amide bonds. The molecule has 0 bridgehead atoms. The molecule has 0 saturated carbocycles. The number of H-pyrrole nitrogens is 1. The van der Waals surface area contributed by atoms with E-state index in [1.807, 2.05) is 54.7 Å². The highest BCUT2D eigenvalue weighted by atomic mass is 16.5. The first-order valence-electron chi connectivity index (χ1n) is 12.3. The summed E-state index contributed by atoms with van der Waals surface area (Å²) in [7, 11) is 1.70. The van der Waals surface area contributed by atoms with Gasteiger partial charge in [0.25, 0.3) is 0 Å². The van der Waals surface area contributed by atoms with Gasteiger partial charge in [-0.25, -0.2) is 4.98 Å². The summed E-state index contributed by atoms with van der Waals surface area (Å²) in [5.74, 6) is 1.31. The van der Waals surface area contributed by atoms with Crippen molar-refractivity contribution in [3.63, 3.8) is 0 Å². The van der Waals surface area contributed by atoms with Gasteiger partial charge < -0.3 is 25.9 Å². The molecule has 0 aliphatic carbocycles. The number of nitrogens with one attached hydrogen (secondary N) is 2. The zero-order valence-electron chi connectivity index (χ0n) is 21.2. The van der Waals surface area contributed by atoms with Gasteiger partial charge in [0.15, 0.2) is 0 Å². The number of ether oxygens (including phenoxy) is 1. The third kappa shape index (κ3) is 6.54. The lowest BCUT2D eigenvalue weighted by Crippen LogP contribution is -2.42. The fraction of sp³-hybridized carbons (Fsp3) is 0.167. The Balaban J connectivity index is 1.39. The quantitative estimate of drug-likeness (QED) is 0.169. The average Bonchev–Trinajstić information content (AvgIpc) is 3.37. The molecular formula is C30H31N5O3. The van der Waals surface area contributed by atoms with Gasteiger partial charge >= 0.3 is 0 Å². The van der Waals surface area contributed by atoms with Gasteiger partial charge in [0, 0.05) is 37.8 Å². The highest BCUT2D eigenvalue weighted by Crippen LogP contribution is 2.37. The van der Waals surface area contributed by atoms with Crippen LogP contribution in [0.5, 0.6) is 17.2 Å². The zero-order chi connectivity index (χ0) is 26.9. The van der Waals surface area contributed by atoms with Crippen molar-refractivity contribution < 1.29 is 14.6 Å². The van der Waals surface area contributed by atoms with Crippen molar-refractivity contribution in [1.82, 2.24) is 15.3 Å². The van der Waals surface area contributed by atoms with E-state index in [2.05, 4.69) is 26.9 Å². The number of aromatic nitrogens is 2. The Morgan fingerprint density at radius 2 is 1.97 bits per heavy atom. The van der Waals surface area contributed by atoms with E-state index in [0.717, 1.165) is 27.6 Å². The molecular weight excluding hydrogens is 478 g/mol. The van der Waals surface area contributed by atoms with Gasteiger partial charge in [0.1, 0.15) is 22.9 Å². The molecule has 0 radical (unpaired) electrons. The zero-order valence-corrected chi connectivity index (χ0v) is 21.2. The highest BCUT2D eigenvalue weighted by Gasteiger charge is 2.15. The first kappa shape index (κ1) is 26.4. The Morgan fingerprint density at radius 1 is 1.21 bits per heavy atom. The lowest BCUT2D eigenvalue weighted by Gasteiger charge is -2.13. The van der Waals surface area contributed by atoms with Gasteiger partial charge in [-0.05, 0) is 65.9 Å². The molecule has 194 valence electrons. The number of benzene rings is 2. The van der Waals surface area contributed by atoms with Crippen LogP contribution in [0.3, 0.4) is 0 Å². The summed E-state index contributed by atoms with van der Waals surface area (Å²) in [6.45, 7) is 4.25. The van der Waals surface area contributed by atoms with Crippen molar-refractivity contribution in [2.75, 3.05) is 13.6 Å². The van der Waals surface area contributed by atoms with E-state index in [1.54, 1.807) is 37.7 Å². The maximum atomic E-state index is 12.5. The topological polar surface area (TPSA) is 126 Å². The van der Waals surface area contributed by atoms with Gasteiger partial charge in [-0.3, -0.25) is 9.79 Å². The minimum atomic E-state index is -0.664. The summed E-state index contributed by atoms with van der Waals surface area (Å²) in [6, 6.07) is 15.7. The van der Waals surface area contributed by atoms with Crippen LogP contribution in [0.1, 0.15) is 12.0 Å². The van der Waals surface area contributed by atoms with Crippen molar-refractivity contribution in [2.45, 2.75) is 18.9 Å². The van der Waals surface area contributed by atoms with Gasteiger partial charge in [-0.1, -0.05) is 36.9 Å². The van der Waals surface area contributed by atoms with Crippen molar-refractivity contribution in [3.05, 3.63) is 96.9 Å². The lowest BCUT2D eigenvalue weighted by molar-refractivity contribution is -0.122. The Morgan fingerprint density at radius 3 is 2.68 bits per heavy atom. The Labute approximate surface area is 221 Å². The summed E-state index contributed by atoms with van der Waals surface area (Å²) in [6.07, 6.45) is 9.93. The second-order valence-corrected chi connectivity index (χ2v) is 8.73. The van der Waals surface area contributed by atoms with Crippen LogP contribution in [-0.4, -0.2) is 46.8 Å². The SMILES string of the molecule is C=C/C(=C\C=N/C)CCNC(=O)C(N)Cc1ccc(Oc2ccnc3[nH]cc(-c4ccc(O)cc4)c23)cc1. The molecule has 0 aliphatic heterocycles. The van der Waals surface area contributed by atoms with E-state index in [9.17, 15) is 9.90 Å². The monoisotopic (exact) mass is 509 g/mol. The number of phenols is 1. The molecule has 2 aromatic heterocycles. The minimum Gasteiger partial charge on any atom is -0.508 e. The maximum Gasteiger partial charge on any atom is 0.237 e. The fourth-order valence-electron chi connectivity index (χ4n) is 4.03. The van der Waals surface area contributed by atoms with Crippen LogP contribution in [0.2, 0.25) is 0 Å². The number of aliphatic imine (C=N–C) groups is 1. The second-order valence-electron chi connectivity index (χ2n) is 8.73. The molecule has 0 spiro atoms. The molecule has 1 atom stereocenters. The number of carbonyl (C=O) groups is 1. The van der Waals surface area contributed by atoms with E-state index in [0.29, 0.717) is 36.5 Å². The molecule has 2 heterocycles. The van der Waals surface area contributed by atoms with E-state index in [4.69, 9.17) is 10.5 Å². The molecule has 0 saturated heterocycles. The second kappa shape index (κ2) is 12.5. The molecule has 8 heteroatoms. The summed E-state index contributed by atoms with van der Waals surface area (Å²) >= 11 is 0. The molecule has 0 fully saturated rings. The first-order chi connectivity index (χ1) is 18.5. The number of nitrogens with zero attached hydrogens (tertiary/aromatic N) is 2. The molecule has 2 aromatic carbocycles. The summed E-state index contributed by atoms with van der Waals surface area (Å²) < 4.78 is 6.21. The average molecular weight is 510 g/mol. The number of allylic oxidation sites excluding steroid dienone is 2. The molecule has 4 aromatic rings. The van der Waals surface area contributed by atoms with Gasteiger partial charge in [-0.15, -0.1) is 0 Å². The Kier molecular flexibility index (Phi) is 8.69. The summed E-state index contributed by atoms with van der Waals surface area (Å²) in [5, 5.41) is 13.4. The van der Waals surface area contributed by atoms with Crippen molar-refractivity contribution in [3.8, 4) is 28.4 Å². The highest BCUT2D eigenvalue weighted by molar-refractivity contribution is 5.98. The number of carbonyl (C=O) groups excluding carboxylic acids is 1. The smallest absolute Gasteiger partial charge is 0.237 e. The third-order valence-corrected chi connectivity index (χ3v) is 6.07. The van der Waals surface area contributed by atoms with Crippen molar-refractivity contribution in [1.29, 1.82) is 0 Å². The molecule has 38 heavy (non-hydrogen) atoms. The number of fused-ring (bicyclic) bond motifs is 1. The number of pyridine rings is 1. The fourth-order valence-corrected chi connectivity index (χ4v) is 4.03. The van der Waals surface area contributed by atoms with E-state index in [-0.39, 0.29) is 11.7 Å². The number of nitrogens with two attached hydrogens (primary N) is 1. The van der Waals surface area contributed by atoms with Gasteiger partial charge in [-0.2, -0.15) is 0 Å². The molecule has 1 unspecified atom stereocenters. The number of amides is 1. The standard InChI is InChI=1S/C30H31N5O3/c1-3-20(12-15-32-2)13-16-34-30(37)26(31)18-21-4-10-24(11-5-21)38-27-14-17-33-29-28(27)25(19-35-29)22-6-8-23(36)9-7-22/h3-12,14-15,17,19,26,36H,1,13,16,18,31H2,2H3,(H,33,35)(H,34,37)/b20-12+,32-15-. The molecule has 8 nitrogen and oxygen atoms in total. The van der Waals surface area contributed by atoms with E-state index in [1.165, 1.54) is 0 Å². The number of aromatic amines is 1. The van der Waals surface area contributed by atoms with Crippen LogP contribution in [0.4, 0.5) is 0 Å².